The van der Waals surface area contributed by atoms with Crippen molar-refractivity contribution in [2.75, 3.05) is 6.54 Å². The fraction of sp³-hybridized carbons (Fsp3) is 0.286. The van der Waals surface area contributed by atoms with Crippen LogP contribution in [0.2, 0.25) is 0 Å². The number of carbonyl (C=O) groups excluding carboxylic acids is 1. The van der Waals surface area contributed by atoms with Gasteiger partial charge in [-0.3, -0.25) is 4.79 Å². The highest BCUT2D eigenvalue weighted by Gasteiger charge is 2.11. The van der Waals surface area contributed by atoms with E-state index in [1.54, 1.807) is 0 Å². The molecular weight excluding hydrogens is 244 g/mol. The highest BCUT2D eigenvalue weighted by atomic mass is 32.1. The fourth-order valence-corrected chi connectivity index (χ4v) is 2.48. The largest absolute Gasteiger partial charge is 0.330 e. The Morgan fingerprint density at radius 3 is 2.72 bits per heavy atom. The Labute approximate surface area is 111 Å². The first-order chi connectivity index (χ1) is 8.69. The van der Waals surface area contributed by atoms with Gasteiger partial charge in [-0.15, -0.1) is 11.3 Å². The predicted molar refractivity (Wildman–Crippen MR) is 74.1 cm³/mol. The fourth-order valence-electron chi connectivity index (χ4n) is 1.66. The Hall–Kier alpha value is -1.52. The number of rotatable bonds is 5. The van der Waals surface area contributed by atoms with Gasteiger partial charge in [0.1, 0.15) is 5.69 Å². The van der Waals surface area contributed by atoms with Crippen LogP contribution in [0.25, 0.3) is 0 Å². The van der Waals surface area contributed by atoms with Crippen LogP contribution < -0.4 is 5.73 Å². The van der Waals surface area contributed by atoms with E-state index >= 15 is 0 Å². The normalized spacial score (nSPS) is 10.6. The molecule has 0 fully saturated rings. The van der Waals surface area contributed by atoms with Gasteiger partial charge in [0.15, 0.2) is 5.78 Å². The molecule has 0 saturated carbocycles. The van der Waals surface area contributed by atoms with Crippen molar-refractivity contribution in [1.29, 1.82) is 0 Å². The maximum absolute atomic E-state index is 12.0. The van der Waals surface area contributed by atoms with Crippen molar-refractivity contribution in [3.8, 4) is 0 Å². The summed E-state index contributed by atoms with van der Waals surface area (Å²) in [6, 6.07) is 8.01. The molecule has 0 radical (unpaired) electrons. The van der Waals surface area contributed by atoms with Gasteiger partial charge in [0.05, 0.1) is 5.01 Å². The molecule has 0 aliphatic carbocycles. The van der Waals surface area contributed by atoms with E-state index in [1.165, 1.54) is 16.9 Å². The molecule has 1 aromatic heterocycles. The molecule has 1 heterocycles. The lowest BCUT2D eigenvalue weighted by atomic mass is 10.1. The third kappa shape index (κ3) is 3.24. The summed E-state index contributed by atoms with van der Waals surface area (Å²) < 4.78 is 0. The minimum Gasteiger partial charge on any atom is -0.330 e. The van der Waals surface area contributed by atoms with Crippen molar-refractivity contribution in [2.45, 2.75) is 19.8 Å². The number of thiazole rings is 1. The minimum atomic E-state index is 0.0679. The first-order valence-corrected chi connectivity index (χ1v) is 6.80. The van der Waals surface area contributed by atoms with E-state index < -0.39 is 0 Å². The minimum absolute atomic E-state index is 0.0679. The summed E-state index contributed by atoms with van der Waals surface area (Å²) in [4.78, 5) is 16.3. The third-order valence-electron chi connectivity index (χ3n) is 2.68. The average molecular weight is 260 g/mol. The van der Waals surface area contributed by atoms with Crippen molar-refractivity contribution in [3.05, 3.63) is 51.5 Å². The van der Waals surface area contributed by atoms with Crippen LogP contribution in [0.15, 0.2) is 29.6 Å². The van der Waals surface area contributed by atoms with Crippen LogP contribution in [-0.2, 0) is 12.8 Å². The highest BCUT2D eigenvalue weighted by Crippen LogP contribution is 2.13. The molecule has 0 unspecified atom stereocenters. The molecule has 2 rings (SSSR count). The Morgan fingerprint density at radius 1 is 1.33 bits per heavy atom. The number of ketones is 1. The van der Waals surface area contributed by atoms with Crippen LogP contribution >= 0.6 is 11.3 Å². The molecule has 3 nitrogen and oxygen atoms in total. The number of hydrogen-bond donors (Lipinski definition) is 1. The second-order valence-corrected chi connectivity index (χ2v) is 5.19. The van der Waals surface area contributed by atoms with Gasteiger partial charge < -0.3 is 5.73 Å². The van der Waals surface area contributed by atoms with Gasteiger partial charge in [0, 0.05) is 18.2 Å². The summed E-state index contributed by atoms with van der Waals surface area (Å²) in [5, 5.41) is 2.76. The maximum Gasteiger partial charge on any atom is 0.186 e. The molecule has 1 aromatic carbocycles. The summed E-state index contributed by atoms with van der Waals surface area (Å²) in [7, 11) is 0. The van der Waals surface area contributed by atoms with Crippen LogP contribution in [0.4, 0.5) is 0 Å². The van der Waals surface area contributed by atoms with Crippen molar-refractivity contribution in [3.63, 3.8) is 0 Å². The van der Waals surface area contributed by atoms with E-state index in [2.05, 4.69) is 4.98 Å². The molecule has 4 heteroatoms. The van der Waals surface area contributed by atoms with Crippen LogP contribution in [0.5, 0.6) is 0 Å². The van der Waals surface area contributed by atoms with Gasteiger partial charge in [-0.2, -0.15) is 0 Å². The summed E-state index contributed by atoms with van der Waals surface area (Å²) in [5.41, 5.74) is 8.25. The second-order valence-electron chi connectivity index (χ2n) is 4.25. The first-order valence-electron chi connectivity index (χ1n) is 5.92. The van der Waals surface area contributed by atoms with E-state index in [4.69, 9.17) is 5.73 Å². The van der Waals surface area contributed by atoms with Crippen molar-refractivity contribution >= 4 is 17.1 Å². The highest BCUT2D eigenvalue weighted by molar-refractivity contribution is 7.09. The number of nitrogens with two attached hydrogens (primary N) is 1. The lowest BCUT2D eigenvalue weighted by Gasteiger charge is -1.99. The molecule has 18 heavy (non-hydrogen) atoms. The van der Waals surface area contributed by atoms with E-state index in [0.29, 0.717) is 18.7 Å². The Morgan fingerprint density at radius 2 is 2.06 bits per heavy atom. The monoisotopic (exact) mass is 260 g/mol. The predicted octanol–water partition coefficient (Wildman–Crippen LogP) is 2.38. The first kappa shape index (κ1) is 12.9. The summed E-state index contributed by atoms with van der Waals surface area (Å²) >= 11 is 1.50. The summed E-state index contributed by atoms with van der Waals surface area (Å²) in [6.07, 6.45) is 1.15. The van der Waals surface area contributed by atoms with Crippen LogP contribution in [0.3, 0.4) is 0 Å². The molecule has 0 amide bonds. The molecule has 0 saturated heterocycles. The standard InChI is InChI=1S/C14H16N2OS/c1-10-2-4-11(5-3-10)8-13(17)12-9-18-14(16-12)6-7-15/h2-5,9H,6-8,15H2,1H3. The van der Waals surface area contributed by atoms with E-state index in [0.717, 1.165) is 17.0 Å². The van der Waals surface area contributed by atoms with Crippen LogP contribution in [-0.4, -0.2) is 17.3 Å². The number of aromatic nitrogens is 1. The molecule has 0 aliphatic heterocycles. The Bertz CT molecular complexity index is 531. The van der Waals surface area contributed by atoms with Gasteiger partial charge in [0.25, 0.3) is 0 Å². The zero-order chi connectivity index (χ0) is 13.0. The van der Waals surface area contributed by atoms with Crippen molar-refractivity contribution < 1.29 is 4.79 Å². The molecule has 2 aromatic rings. The van der Waals surface area contributed by atoms with E-state index in [9.17, 15) is 4.79 Å². The molecule has 0 bridgehead atoms. The molecule has 2 N–H and O–H groups in total. The zero-order valence-corrected chi connectivity index (χ0v) is 11.2. The topological polar surface area (TPSA) is 56.0 Å². The quantitative estimate of drug-likeness (QED) is 0.840. The molecule has 0 atom stereocenters. The molecule has 0 aliphatic rings. The van der Waals surface area contributed by atoms with Gasteiger partial charge in [-0.05, 0) is 19.0 Å². The number of aryl methyl sites for hydroxylation is 1. The van der Waals surface area contributed by atoms with Gasteiger partial charge in [0.2, 0.25) is 0 Å². The van der Waals surface area contributed by atoms with Gasteiger partial charge in [-0.1, -0.05) is 29.8 Å². The Balaban J connectivity index is 2.04. The lowest BCUT2D eigenvalue weighted by molar-refractivity contribution is 0.0988. The second kappa shape index (κ2) is 5.89. The lowest BCUT2D eigenvalue weighted by Crippen LogP contribution is -2.06. The average Bonchev–Trinajstić information content (AvgIpc) is 2.81. The number of nitrogens with zero attached hydrogens (tertiary/aromatic N) is 1. The summed E-state index contributed by atoms with van der Waals surface area (Å²) in [5.74, 6) is 0.0679. The smallest absolute Gasteiger partial charge is 0.186 e. The zero-order valence-electron chi connectivity index (χ0n) is 10.3. The number of hydrogen-bond acceptors (Lipinski definition) is 4. The van der Waals surface area contributed by atoms with Gasteiger partial charge >= 0.3 is 0 Å². The van der Waals surface area contributed by atoms with Crippen molar-refractivity contribution in [2.24, 2.45) is 5.73 Å². The number of carbonyl (C=O) groups is 1. The van der Waals surface area contributed by atoms with Crippen molar-refractivity contribution in [1.82, 2.24) is 4.98 Å². The summed E-state index contributed by atoms with van der Waals surface area (Å²) in [6.45, 7) is 2.60. The molecule has 0 spiro atoms. The van der Waals surface area contributed by atoms with Gasteiger partial charge in [-0.25, -0.2) is 4.98 Å². The maximum atomic E-state index is 12.0. The Kier molecular flexibility index (Phi) is 4.23. The SMILES string of the molecule is Cc1ccc(CC(=O)c2csc(CCN)n2)cc1. The van der Waals surface area contributed by atoms with E-state index in [-0.39, 0.29) is 5.78 Å². The number of benzene rings is 1. The number of Topliss-reactive ketones (excluding diaryl/α,β-unsaturated/α-hetero) is 1. The van der Waals surface area contributed by atoms with Crippen LogP contribution in [0.1, 0.15) is 26.6 Å². The van der Waals surface area contributed by atoms with E-state index in [1.807, 2.05) is 36.6 Å². The molecular formula is C14H16N2OS. The van der Waals surface area contributed by atoms with Crippen LogP contribution in [0, 0.1) is 6.92 Å². The third-order valence-corrected chi connectivity index (χ3v) is 3.59. The molecule has 94 valence electrons.